The van der Waals surface area contributed by atoms with Crippen LogP contribution in [0.4, 0.5) is 25.8 Å². The number of aliphatic hydroxyl groups is 1. The molecule has 0 aromatic heterocycles. The Balaban J connectivity index is 0.00000261. The lowest BCUT2D eigenvalue weighted by molar-refractivity contribution is 0.167. The topological polar surface area (TPSA) is 72.9 Å². The maximum atomic E-state index is 14.3. The Hall–Kier alpha value is -1.94. The molecule has 2 aromatic carbocycles. The molecule has 0 radical (unpaired) electrons. The summed E-state index contributed by atoms with van der Waals surface area (Å²) in [6.07, 6.45) is -0.521. The Morgan fingerprint density at radius 1 is 1.11 bits per heavy atom. The lowest BCUT2D eigenvalue weighted by Gasteiger charge is -2.23. The Morgan fingerprint density at radius 3 is 2.41 bits per heavy atom. The summed E-state index contributed by atoms with van der Waals surface area (Å²) < 4.78 is 55.6. The molecule has 2 N–H and O–H groups in total. The average Bonchev–Trinajstić information content (AvgIpc) is 2.80. The van der Waals surface area contributed by atoms with E-state index in [1.54, 1.807) is 31.3 Å². The first kappa shape index (κ1) is 21.4. The van der Waals surface area contributed by atoms with Crippen LogP contribution in [0.2, 0.25) is 0 Å². The molecule has 0 bridgehead atoms. The number of hydrogen-bond acceptors (Lipinski definition) is 4. The van der Waals surface area contributed by atoms with Gasteiger partial charge < -0.3 is 10.4 Å². The molecule has 0 amide bonds. The molecule has 1 aliphatic rings. The second kappa shape index (κ2) is 8.39. The van der Waals surface area contributed by atoms with Gasteiger partial charge in [0.25, 0.3) is 0 Å². The second-order valence-electron chi connectivity index (χ2n) is 5.93. The molecular formula is C17H20ClF2N3O3S. The van der Waals surface area contributed by atoms with E-state index in [1.807, 2.05) is 0 Å². The van der Waals surface area contributed by atoms with Gasteiger partial charge in [-0.15, -0.1) is 12.4 Å². The Morgan fingerprint density at radius 2 is 1.78 bits per heavy atom. The number of nitrogens with one attached hydrogen (secondary N) is 1. The number of benzene rings is 2. The number of para-hydroxylation sites is 2. The molecule has 0 aliphatic carbocycles. The Labute approximate surface area is 163 Å². The minimum Gasteiger partial charge on any atom is -0.392 e. The highest BCUT2D eigenvalue weighted by molar-refractivity contribution is 7.95. The van der Waals surface area contributed by atoms with E-state index in [0.29, 0.717) is 18.3 Å². The number of likely N-dealkylation sites (N-methyl/N-ethyl adjacent to an activating group) is 1. The van der Waals surface area contributed by atoms with E-state index in [9.17, 15) is 22.3 Å². The monoisotopic (exact) mass is 419 g/mol. The van der Waals surface area contributed by atoms with Crippen molar-refractivity contribution in [3.63, 3.8) is 0 Å². The lowest BCUT2D eigenvalue weighted by Crippen LogP contribution is -2.38. The van der Waals surface area contributed by atoms with Gasteiger partial charge in [-0.05, 0) is 37.7 Å². The highest BCUT2D eigenvalue weighted by Crippen LogP contribution is 2.45. The SMILES string of the molecule is CNC[C@H](O)CCN1c2ccccc2N(c2ccc(F)cc2F)S1(=O)=O.Cl. The Kier molecular flexibility index (Phi) is 6.63. The summed E-state index contributed by atoms with van der Waals surface area (Å²) in [5.41, 5.74) is 0.408. The maximum absolute atomic E-state index is 14.3. The summed E-state index contributed by atoms with van der Waals surface area (Å²) in [5.74, 6) is -1.76. The van der Waals surface area contributed by atoms with Crippen molar-refractivity contribution < 1.29 is 22.3 Å². The van der Waals surface area contributed by atoms with E-state index in [2.05, 4.69) is 5.32 Å². The summed E-state index contributed by atoms with van der Waals surface area (Å²) >= 11 is 0. The summed E-state index contributed by atoms with van der Waals surface area (Å²) in [6, 6.07) is 9.23. The van der Waals surface area contributed by atoms with Crippen molar-refractivity contribution in [1.82, 2.24) is 5.32 Å². The molecule has 2 aromatic rings. The second-order valence-corrected chi connectivity index (χ2v) is 7.63. The predicted octanol–water partition coefficient (Wildman–Crippen LogP) is 2.56. The highest BCUT2D eigenvalue weighted by Gasteiger charge is 2.42. The third-order valence-corrected chi connectivity index (χ3v) is 5.90. The summed E-state index contributed by atoms with van der Waals surface area (Å²) in [6.45, 7) is 0.355. The molecule has 6 nitrogen and oxygen atoms in total. The Bertz CT molecular complexity index is 914. The van der Waals surface area contributed by atoms with Gasteiger partial charge in [0.05, 0.1) is 23.2 Å². The van der Waals surface area contributed by atoms with Gasteiger partial charge >= 0.3 is 10.2 Å². The van der Waals surface area contributed by atoms with Crippen molar-refractivity contribution in [3.05, 3.63) is 54.1 Å². The first-order valence-electron chi connectivity index (χ1n) is 8.06. The quantitative estimate of drug-likeness (QED) is 0.754. The molecule has 148 valence electrons. The van der Waals surface area contributed by atoms with E-state index in [1.165, 1.54) is 0 Å². The lowest BCUT2D eigenvalue weighted by atomic mass is 10.2. The number of halogens is 3. The molecule has 1 atom stereocenters. The van der Waals surface area contributed by atoms with Crippen molar-refractivity contribution in [2.24, 2.45) is 0 Å². The number of aliphatic hydroxyl groups excluding tert-OH is 1. The molecule has 0 saturated heterocycles. The van der Waals surface area contributed by atoms with E-state index in [4.69, 9.17) is 0 Å². The summed E-state index contributed by atoms with van der Waals surface area (Å²) in [5, 5.41) is 12.7. The van der Waals surface area contributed by atoms with Gasteiger partial charge in [-0.25, -0.2) is 13.1 Å². The van der Waals surface area contributed by atoms with E-state index in [-0.39, 0.29) is 36.7 Å². The molecule has 0 fully saturated rings. The van der Waals surface area contributed by atoms with Crippen molar-refractivity contribution in [2.45, 2.75) is 12.5 Å². The largest absolute Gasteiger partial charge is 0.392 e. The van der Waals surface area contributed by atoms with Crippen LogP contribution in [0.15, 0.2) is 42.5 Å². The third kappa shape index (κ3) is 4.01. The minimum atomic E-state index is -4.11. The first-order valence-corrected chi connectivity index (χ1v) is 9.45. The van der Waals surface area contributed by atoms with E-state index < -0.39 is 27.9 Å². The van der Waals surface area contributed by atoms with Gasteiger partial charge in [-0.3, -0.25) is 4.31 Å². The molecule has 0 saturated carbocycles. The molecule has 3 rings (SSSR count). The van der Waals surface area contributed by atoms with Crippen LogP contribution in [0.5, 0.6) is 0 Å². The molecule has 1 heterocycles. The summed E-state index contributed by atoms with van der Waals surface area (Å²) in [7, 11) is -2.43. The van der Waals surface area contributed by atoms with Gasteiger partial charge in [-0.2, -0.15) is 8.42 Å². The van der Waals surface area contributed by atoms with Crippen molar-refractivity contribution >= 4 is 39.7 Å². The van der Waals surface area contributed by atoms with Crippen LogP contribution in [0.3, 0.4) is 0 Å². The molecule has 10 heteroatoms. The van der Waals surface area contributed by atoms with Gasteiger partial charge in [0, 0.05) is 19.2 Å². The third-order valence-electron chi connectivity index (χ3n) is 4.11. The van der Waals surface area contributed by atoms with E-state index >= 15 is 0 Å². The van der Waals surface area contributed by atoms with E-state index in [0.717, 1.165) is 20.7 Å². The number of nitrogens with zero attached hydrogens (tertiary/aromatic N) is 2. The zero-order valence-corrected chi connectivity index (χ0v) is 16.1. The molecule has 0 unspecified atom stereocenters. The number of fused-ring (bicyclic) bond motifs is 1. The highest BCUT2D eigenvalue weighted by atomic mass is 35.5. The zero-order chi connectivity index (χ0) is 18.9. The van der Waals surface area contributed by atoms with Crippen molar-refractivity contribution in [1.29, 1.82) is 0 Å². The van der Waals surface area contributed by atoms with Crippen LogP contribution in [0, 0.1) is 11.6 Å². The van der Waals surface area contributed by atoms with Crippen LogP contribution in [-0.4, -0.2) is 39.8 Å². The van der Waals surface area contributed by atoms with Crippen molar-refractivity contribution in [2.75, 3.05) is 28.7 Å². The van der Waals surface area contributed by atoms with Gasteiger partial charge in [0.1, 0.15) is 5.82 Å². The summed E-state index contributed by atoms with van der Waals surface area (Å²) in [4.78, 5) is 0. The van der Waals surface area contributed by atoms with Gasteiger partial charge in [0.2, 0.25) is 0 Å². The average molecular weight is 420 g/mol. The fourth-order valence-corrected chi connectivity index (χ4v) is 4.67. The maximum Gasteiger partial charge on any atom is 0.331 e. The molecular weight excluding hydrogens is 400 g/mol. The van der Waals surface area contributed by atoms with Crippen LogP contribution in [0.1, 0.15) is 6.42 Å². The van der Waals surface area contributed by atoms with Gasteiger partial charge in [-0.1, -0.05) is 12.1 Å². The zero-order valence-electron chi connectivity index (χ0n) is 14.5. The normalized spacial score (nSPS) is 16.0. The van der Waals surface area contributed by atoms with Crippen LogP contribution >= 0.6 is 12.4 Å². The first-order chi connectivity index (χ1) is 12.4. The molecule has 27 heavy (non-hydrogen) atoms. The van der Waals surface area contributed by atoms with Crippen LogP contribution < -0.4 is 13.9 Å². The fraction of sp³-hybridized carbons (Fsp3) is 0.294. The number of hydrogen-bond donors (Lipinski definition) is 2. The van der Waals surface area contributed by atoms with Gasteiger partial charge in [0.15, 0.2) is 5.82 Å². The predicted molar refractivity (Wildman–Crippen MR) is 103 cm³/mol. The number of rotatable bonds is 6. The van der Waals surface area contributed by atoms with Crippen LogP contribution in [0.25, 0.3) is 0 Å². The molecule has 0 spiro atoms. The minimum absolute atomic E-state index is 0. The standard InChI is InChI=1S/C17H19F2N3O3S.ClH/c1-20-11-13(23)8-9-21-16-4-2-3-5-17(16)22(26(21,24)25)15-7-6-12(18)10-14(15)19;/h2-7,10,13,20,23H,8-9,11H2,1H3;1H/t13-;/m1./s1. The van der Waals surface area contributed by atoms with Crippen LogP contribution in [-0.2, 0) is 10.2 Å². The smallest absolute Gasteiger partial charge is 0.331 e. The van der Waals surface area contributed by atoms with Crippen molar-refractivity contribution in [3.8, 4) is 0 Å². The molecule has 1 aliphatic heterocycles. The fourth-order valence-electron chi connectivity index (χ4n) is 2.93. The number of anilines is 3.